The summed E-state index contributed by atoms with van der Waals surface area (Å²) in [5, 5.41) is 7.47. The van der Waals surface area contributed by atoms with Crippen LogP contribution in [0.1, 0.15) is 55.9 Å². The highest BCUT2D eigenvalue weighted by Gasteiger charge is 2.06. The lowest BCUT2D eigenvalue weighted by Gasteiger charge is -2.21. The normalized spacial score (nSPS) is 11.4. The van der Waals surface area contributed by atoms with Crippen LogP contribution in [0.3, 0.4) is 0 Å². The zero-order valence-corrected chi connectivity index (χ0v) is 19.6. The van der Waals surface area contributed by atoms with Gasteiger partial charge in [0, 0.05) is 13.1 Å². The molecule has 0 heterocycles. The fraction of sp³-hybridized carbons (Fsp3) is 0.500. The molecule has 2 aromatic rings. The fourth-order valence-corrected chi connectivity index (χ4v) is 3.71. The first-order chi connectivity index (χ1) is 15.0. The number of hydrogen-bond acceptors (Lipinski definition) is 4. The zero-order valence-electron chi connectivity index (χ0n) is 19.6. The predicted molar refractivity (Wildman–Crippen MR) is 130 cm³/mol. The number of ether oxygens (including phenoxy) is 1. The average molecular weight is 425 g/mol. The third-order valence-corrected chi connectivity index (χ3v) is 5.32. The number of nitrogens with two attached hydrogens (primary N) is 1. The molecule has 0 aromatic heterocycles. The van der Waals surface area contributed by atoms with Crippen LogP contribution in [0.15, 0.2) is 48.5 Å². The van der Waals surface area contributed by atoms with Crippen molar-refractivity contribution in [1.82, 2.24) is 9.80 Å². The number of rotatable bonds is 15. The van der Waals surface area contributed by atoms with Gasteiger partial charge < -0.3 is 10.5 Å². The van der Waals surface area contributed by atoms with Gasteiger partial charge in [-0.15, -0.1) is 0 Å². The van der Waals surface area contributed by atoms with Gasteiger partial charge in [-0.25, -0.2) is 0 Å². The first-order valence-corrected chi connectivity index (χ1v) is 11.5. The highest BCUT2D eigenvalue weighted by molar-refractivity contribution is 5.78. The third kappa shape index (κ3) is 9.64. The van der Waals surface area contributed by atoms with Gasteiger partial charge in [0.2, 0.25) is 0 Å². The second kappa shape index (κ2) is 14.0. The second-order valence-electron chi connectivity index (χ2n) is 8.23. The molecule has 0 saturated carbocycles. The molecular weight excluding hydrogens is 384 g/mol. The van der Waals surface area contributed by atoms with Crippen molar-refractivity contribution in [1.29, 1.82) is 5.41 Å². The minimum Gasteiger partial charge on any atom is -0.387 e. The molecule has 0 spiro atoms. The Kier molecular flexibility index (Phi) is 11.3. The standard InChI is InChI=1S/C26H40N4O/c1-4-15-30(16-5-2)18-23-9-13-25(14-10-23)21-31-20-24-11-7-22(8-12-24)17-29(6-3)19-26(27)28/h7-14H,4-6,15-21H2,1-3H3,(H3,27,28). The quantitative estimate of drug-likeness (QED) is 0.319. The Morgan fingerprint density at radius 1 is 0.742 bits per heavy atom. The summed E-state index contributed by atoms with van der Waals surface area (Å²) >= 11 is 0. The molecule has 0 fully saturated rings. The molecule has 0 bridgehead atoms. The van der Waals surface area contributed by atoms with Crippen LogP contribution in [-0.4, -0.2) is 41.8 Å². The highest BCUT2D eigenvalue weighted by Crippen LogP contribution is 2.12. The van der Waals surface area contributed by atoms with Crippen LogP contribution in [0, 0.1) is 5.41 Å². The number of likely N-dealkylation sites (N-methyl/N-ethyl adjacent to an activating group) is 1. The minimum atomic E-state index is 0.208. The lowest BCUT2D eigenvalue weighted by molar-refractivity contribution is 0.107. The maximum absolute atomic E-state index is 7.47. The number of benzene rings is 2. The van der Waals surface area contributed by atoms with Crippen molar-refractivity contribution in [2.75, 3.05) is 26.2 Å². The number of amidine groups is 1. The van der Waals surface area contributed by atoms with Gasteiger partial charge in [0.05, 0.1) is 19.8 Å². The molecule has 5 heteroatoms. The summed E-state index contributed by atoms with van der Waals surface area (Å²) in [6.07, 6.45) is 2.39. The monoisotopic (exact) mass is 424 g/mol. The fourth-order valence-electron chi connectivity index (χ4n) is 3.71. The van der Waals surface area contributed by atoms with Crippen LogP contribution in [-0.2, 0) is 31.0 Å². The van der Waals surface area contributed by atoms with E-state index in [0.717, 1.165) is 32.7 Å². The molecule has 0 aliphatic rings. The SMILES string of the molecule is CCCN(CCC)Cc1ccc(COCc2ccc(CN(CC)CC(=N)N)cc2)cc1. The molecule has 0 radical (unpaired) electrons. The molecular formula is C26H40N4O. The smallest absolute Gasteiger partial charge is 0.105 e. The molecule has 0 unspecified atom stereocenters. The maximum Gasteiger partial charge on any atom is 0.105 e. The van der Waals surface area contributed by atoms with Crippen LogP contribution < -0.4 is 5.73 Å². The predicted octanol–water partition coefficient (Wildman–Crippen LogP) is 4.78. The van der Waals surface area contributed by atoms with E-state index in [1.165, 1.54) is 35.1 Å². The van der Waals surface area contributed by atoms with E-state index in [-0.39, 0.29) is 5.84 Å². The molecule has 170 valence electrons. The van der Waals surface area contributed by atoms with Gasteiger partial charge in [-0.05, 0) is 54.7 Å². The number of nitrogens with zero attached hydrogens (tertiary/aromatic N) is 2. The van der Waals surface area contributed by atoms with Crippen LogP contribution in [0.25, 0.3) is 0 Å². The molecule has 0 atom stereocenters. The Morgan fingerprint density at radius 3 is 1.55 bits per heavy atom. The molecule has 3 N–H and O–H groups in total. The number of nitrogens with one attached hydrogen (secondary N) is 1. The Hall–Kier alpha value is -2.21. The molecule has 0 amide bonds. The van der Waals surface area contributed by atoms with Crippen molar-refractivity contribution in [3.63, 3.8) is 0 Å². The van der Waals surface area contributed by atoms with E-state index in [1.807, 2.05) is 0 Å². The van der Waals surface area contributed by atoms with E-state index in [0.29, 0.717) is 19.8 Å². The molecule has 0 saturated heterocycles. The van der Waals surface area contributed by atoms with Crippen LogP contribution >= 0.6 is 0 Å². The second-order valence-corrected chi connectivity index (χ2v) is 8.23. The van der Waals surface area contributed by atoms with Gasteiger partial charge in [0.1, 0.15) is 5.84 Å². The van der Waals surface area contributed by atoms with E-state index in [1.54, 1.807) is 0 Å². The van der Waals surface area contributed by atoms with Gasteiger partial charge >= 0.3 is 0 Å². The lowest BCUT2D eigenvalue weighted by Crippen LogP contribution is -2.32. The van der Waals surface area contributed by atoms with E-state index in [9.17, 15) is 0 Å². The summed E-state index contributed by atoms with van der Waals surface area (Å²) in [6.45, 7) is 13.3. The van der Waals surface area contributed by atoms with Crippen molar-refractivity contribution in [2.24, 2.45) is 5.73 Å². The van der Waals surface area contributed by atoms with Crippen molar-refractivity contribution < 1.29 is 4.74 Å². The van der Waals surface area contributed by atoms with Gasteiger partial charge in [-0.2, -0.15) is 0 Å². The largest absolute Gasteiger partial charge is 0.387 e. The van der Waals surface area contributed by atoms with Crippen molar-refractivity contribution in [2.45, 2.75) is 59.9 Å². The zero-order chi connectivity index (χ0) is 22.5. The van der Waals surface area contributed by atoms with Crippen molar-refractivity contribution in [3.05, 3.63) is 70.8 Å². The maximum atomic E-state index is 7.47. The van der Waals surface area contributed by atoms with Crippen LogP contribution in [0.5, 0.6) is 0 Å². The van der Waals surface area contributed by atoms with Crippen molar-refractivity contribution in [3.8, 4) is 0 Å². The minimum absolute atomic E-state index is 0.208. The summed E-state index contributed by atoms with van der Waals surface area (Å²) in [7, 11) is 0. The summed E-state index contributed by atoms with van der Waals surface area (Å²) < 4.78 is 5.93. The first-order valence-electron chi connectivity index (χ1n) is 11.5. The summed E-state index contributed by atoms with van der Waals surface area (Å²) in [4.78, 5) is 4.68. The first kappa shape index (κ1) is 25.1. The molecule has 2 aromatic carbocycles. The van der Waals surface area contributed by atoms with Gasteiger partial charge in [-0.1, -0.05) is 69.3 Å². The van der Waals surface area contributed by atoms with E-state index in [2.05, 4.69) is 79.1 Å². The van der Waals surface area contributed by atoms with Gasteiger partial charge in [0.25, 0.3) is 0 Å². The molecule has 0 aliphatic carbocycles. The molecule has 2 rings (SSSR count). The van der Waals surface area contributed by atoms with E-state index < -0.39 is 0 Å². The molecule has 31 heavy (non-hydrogen) atoms. The van der Waals surface area contributed by atoms with Gasteiger partial charge in [-0.3, -0.25) is 15.2 Å². The Morgan fingerprint density at radius 2 is 1.16 bits per heavy atom. The molecule has 5 nitrogen and oxygen atoms in total. The van der Waals surface area contributed by atoms with E-state index in [4.69, 9.17) is 15.9 Å². The van der Waals surface area contributed by atoms with Crippen molar-refractivity contribution >= 4 is 5.84 Å². The summed E-state index contributed by atoms with van der Waals surface area (Å²) in [5.74, 6) is 0.208. The lowest BCUT2D eigenvalue weighted by atomic mass is 10.1. The Balaban J connectivity index is 1.78. The van der Waals surface area contributed by atoms with E-state index >= 15 is 0 Å². The highest BCUT2D eigenvalue weighted by atomic mass is 16.5. The topological polar surface area (TPSA) is 65.6 Å². The van der Waals surface area contributed by atoms with Crippen LogP contribution in [0.4, 0.5) is 0 Å². The number of hydrogen-bond donors (Lipinski definition) is 2. The van der Waals surface area contributed by atoms with Crippen LogP contribution in [0.2, 0.25) is 0 Å². The molecule has 0 aliphatic heterocycles. The Labute approximate surface area is 188 Å². The summed E-state index contributed by atoms with van der Waals surface area (Å²) in [6, 6.07) is 17.3. The summed E-state index contributed by atoms with van der Waals surface area (Å²) in [5.41, 5.74) is 10.5. The average Bonchev–Trinajstić information content (AvgIpc) is 2.76. The Bertz CT molecular complexity index is 752. The van der Waals surface area contributed by atoms with Gasteiger partial charge in [0.15, 0.2) is 0 Å². The third-order valence-electron chi connectivity index (χ3n) is 5.32.